The number of hydrogen-bond acceptors (Lipinski definition) is 3. The molecule has 3 rings (SSSR count). The molecule has 1 aromatic rings. The van der Waals surface area contributed by atoms with Crippen molar-refractivity contribution in [1.29, 1.82) is 0 Å². The Balaban J connectivity index is 1.73. The van der Waals surface area contributed by atoms with Gasteiger partial charge >= 0.3 is 0 Å². The average Bonchev–Trinajstić information content (AvgIpc) is 2.85. The first kappa shape index (κ1) is 13.2. The minimum atomic E-state index is -0.0773. The van der Waals surface area contributed by atoms with Gasteiger partial charge in [-0.25, -0.2) is 0 Å². The molecule has 1 aromatic carbocycles. The number of fused-ring (bicyclic) bond motifs is 1. The van der Waals surface area contributed by atoms with E-state index in [-0.39, 0.29) is 5.60 Å². The molecule has 0 radical (unpaired) electrons. The lowest BCUT2D eigenvalue weighted by atomic mass is 9.96. The van der Waals surface area contributed by atoms with Crippen molar-refractivity contribution in [3.8, 4) is 5.75 Å². The number of rotatable bonds is 3. The monoisotopic (exact) mass is 281 g/mol. The van der Waals surface area contributed by atoms with Gasteiger partial charge in [0.1, 0.15) is 5.75 Å². The Morgan fingerprint density at radius 3 is 3.16 bits per heavy atom. The second kappa shape index (κ2) is 5.31. The Hall–Kier alpha value is -0.770. The summed E-state index contributed by atoms with van der Waals surface area (Å²) >= 11 is 6.16. The highest BCUT2D eigenvalue weighted by Crippen LogP contribution is 2.34. The molecule has 2 heterocycles. The van der Waals surface area contributed by atoms with E-state index in [9.17, 15) is 0 Å². The fraction of sp³-hybridized carbons (Fsp3) is 0.600. The SMILES string of the molecule is CC1(OCc2cc(Cl)cc3c2OCC3)CCCNC1. The van der Waals surface area contributed by atoms with Crippen molar-refractivity contribution in [3.05, 3.63) is 28.3 Å². The molecule has 2 aliphatic heterocycles. The van der Waals surface area contributed by atoms with Crippen LogP contribution in [0.5, 0.6) is 5.75 Å². The Labute approximate surface area is 119 Å². The first-order valence-corrected chi connectivity index (χ1v) is 7.33. The molecule has 19 heavy (non-hydrogen) atoms. The van der Waals surface area contributed by atoms with E-state index in [1.165, 1.54) is 12.0 Å². The van der Waals surface area contributed by atoms with Gasteiger partial charge in [-0.1, -0.05) is 11.6 Å². The summed E-state index contributed by atoms with van der Waals surface area (Å²) in [7, 11) is 0. The van der Waals surface area contributed by atoms with E-state index in [2.05, 4.69) is 12.2 Å². The van der Waals surface area contributed by atoms with Gasteiger partial charge < -0.3 is 14.8 Å². The van der Waals surface area contributed by atoms with E-state index in [4.69, 9.17) is 21.1 Å². The van der Waals surface area contributed by atoms with Crippen LogP contribution in [0.1, 0.15) is 30.9 Å². The van der Waals surface area contributed by atoms with Crippen LogP contribution < -0.4 is 10.1 Å². The zero-order valence-electron chi connectivity index (χ0n) is 11.3. The molecule has 1 saturated heterocycles. The van der Waals surface area contributed by atoms with Crippen molar-refractivity contribution in [1.82, 2.24) is 5.32 Å². The Morgan fingerprint density at radius 2 is 2.37 bits per heavy atom. The lowest BCUT2D eigenvalue weighted by molar-refractivity contribution is -0.0576. The summed E-state index contributed by atoms with van der Waals surface area (Å²) in [5.41, 5.74) is 2.20. The third-order valence-electron chi connectivity index (χ3n) is 3.96. The molecule has 0 spiro atoms. The molecule has 104 valence electrons. The second-order valence-electron chi connectivity index (χ2n) is 5.67. The van der Waals surface area contributed by atoms with Crippen LogP contribution in [0.4, 0.5) is 0 Å². The number of hydrogen-bond donors (Lipinski definition) is 1. The van der Waals surface area contributed by atoms with Crippen LogP contribution >= 0.6 is 11.6 Å². The number of piperidine rings is 1. The molecule has 0 bridgehead atoms. The summed E-state index contributed by atoms with van der Waals surface area (Å²) < 4.78 is 11.8. The first-order valence-electron chi connectivity index (χ1n) is 6.95. The van der Waals surface area contributed by atoms with Gasteiger partial charge in [0.05, 0.1) is 18.8 Å². The molecule has 1 unspecified atom stereocenters. The van der Waals surface area contributed by atoms with Crippen molar-refractivity contribution < 1.29 is 9.47 Å². The largest absolute Gasteiger partial charge is 0.493 e. The van der Waals surface area contributed by atoms with Crippen molar-refractivity contribution in [2.45, 2.75) is 38.4 Å². The highest BCUT2D eigenvalue weighted by Gasteiger charge is 2.28. The van der Waals surface area contributed by atoms with Crippen LogP contribution in [-0.2, 0) is 17.8 Å². The third kappa shape index (κ3) is 2.88. The van der Waals surface area contributed by atoms with Crippen LogP contribution in [0.3, 0.4) is 0 Å². The van der Waals surface area contributed by atoms with Crippen LogP contribution in [-0.4, -0.2) is 25.3 Å². The van der Waals surface area contributed by atoms with E-state index in [1.54, 1.807) is 0 Å². The average molecular weight is 282 g/mol. The highest BCUT2D eigenvalue weighted by molar-refractivity contribution is 6.30. The molecule has 0 saturated carbocycles. The van der Waals surface area contributed by atoms with Gasteiger partial charge in [-0.2, -0.15) is 0 Å². The number of benzene rings is 1. The van der Waals surface area contributed by atoms with Gasteiger partial charge in [0.2, 0.25) is 0 Å². The van der Waals surface area contributed by atoms with Gasteiger partial charge in [-0.05, 0) is 44.0 Å². The molecule has 0 aromatic heterocycles. The maximum absolute atomic E-state index is 6.16. The maximum atomic E-state index is 6.16. The van der Waals surface area contributed by atoms with Gasteiger partial charge in [0.15, 0.2) is 0 Å². The fourth-order valence-corrected chi connectivity index (χ4v) is 3.12. The highest BCUT2D eigenvalue weighted by atomic mass is 35.5. The van der Waals surface area contributed by atoms with E-state index in [1.807, 2.05) is 12.1 Å². The van der Waals surface area contributed by atoms with Crippen LogP contribution in [0.2, 0.25) is 5.02 Å². The predicted octanol–water partition coefficient (Wildman–Crippen LogP) is 2.93. The normalized spacial score (nSPS) is 26.0. The summed E-state index contributed by atoms with van der Waals surface area (Å²) in [4.78, 5) is 0. The summed E-state index contributed by atoms with van der Waals surface area (Å²) in [6.45, 7) is 5.50. The van der Waals surface area contributed by atoms with Crippen molar-refractivity contribution in [2.75, 3.05) is 19.7 Å². The Bertz CT molecular complexity index is 469. The Morgan fingerprint density at radius 1 is 1.47 bits per heavy atom. The van der Waals surface area contributed by atoms with E-state index >= 15 is 0 Å². The van der Waals surface area contributed by atoms with Crippen molar-refractivity contribution in [3.63, 3.8) is 0 Å². The fourth-order valence-electron chi connectivity index (χ4n) is 2.86. The second-order valence-corrected chi connectivity index (χ2v) is 6.11. The van der Waals surface area contributed by atoms with Crippen LogP contribution in [0.25, 0.3) is 0 Å². The van der Waals surface area contributed by atoms with Gasteiger partial charge in [0.25, 0.3) is 0 Å². The van der Waals surface area contributed by atoms with Gasteiger partial charge in [0, 0.05) is 23.6 Å². The summed E-state index contributed by atoms with van der Waals surface area (Å²) in [6.07, 6.45) is 3.21. The molecular weight excluding hydrogens is 262 g/mol. The van der Waals surface area contributed by atoms with Gasteiger partial charge in [-0.3, -0.25) is 0 Å². The molecule has 1 atom stereocenters. The van der Waals surface area contributed by atoms with Crippen LogP contribution in [0.15, 0.2) is 12.1 Å². The maximum Gasteiger partial charge on any atom is 0.128 e. The topological polar surface area (TPSA) is 30.5 Å². The lowest BCUT2D eigenvalue weighted by Crippen LogP contribution is -2.45. The molecule has 0 amide bonds. The zero-order valence-corrected chi connectivity index (χ0v) is 12.1. The molecule has 0 aliphatic carbocycles. The molecular formula is C15H20ClNO2. The minimum absolute atomic E-state index is 0.0773. The lowest BCUT2D eigenvalue weighted by Gasteiger charge is -2.34. The van der Waals surface area contributed by atoms with Crippen molar-refractivity contribution in [2.24, 2.45) is 0 Å². The molecule has 1 fully saturated rings. The summed E-state index contributed by atoms with van der Waals surface area (Å²) in [5.74, 6) is 0.983. The van der Waals surface area contributed by atoms with E-state index < -0.39 is 0 Å². The smallest absolute Gasteiger partial charge is 0.128 e. The molecule has 2 aliphatic rings. The molecule has 1 N–H and O–H groups in total. The minimum Gasteiger partial charge on any atom is -0.493 e. The summed E-state index contributed by atoms with van der Waals surface area (Å²) in [5, 5.41) is 4.17. The predicted molar refractivity (Wildman–Crippen MR) is 75.9 cm³/mol. The quantitative estimate of drug-likeness (QED) is 0.924. The van der Waals surface area contributed by atoms with E-state index in [0.717, 1.165) is 48.9 Å². The van der Waals surface area contributed by atoms with Crippen LogP contribution in [0, 0.1) is 0 Å². The Kier molecular flexibility index (Phi) is 3.70. The van der Waals surface area contributed by atoms with Crippen molar-refractivity contribution >= 4 is 11.6 Å². The number of halogens is 1. The zero-order chi connectivity index (χ0) is 13.3. The summed E-state index contributed by atoms with van der Waals surface area (Å²) in [6, 6.07) is 3.96. The third-order valence-corrected chi connectivity index (χ3v) is 4.18. The van der Waals surface area contributed by atoms with E-state index in [0.29, 0.717) is 6.61 Å². The number of nitrogens with one attached hydrogen (secondary N) is 1. The van der Waals surface area contributed by atoms with Gasteiger partial charge in [-0.15, -0.1) is 0 Å². The standard InChI is InChI=1S/C15H20ClNO2/c1-15(4-2-5-17-10-15)19-9-12-8-13(16)7-11-3-6-18-14(11)12/h7-8,17H,2-6,9-10H2,1H3. The first-order chi connectivity index (χ1) is 9.16. The number of ether oxygens (including phenoxy) is 2. The molecule has 3 nitrogen and oxygen atoms in total. The molecule has 4 heteroatoms.